The quantitative estimate of drug-likeness (QED) is 0.483. The minimum absolute atomic E-state index is 0.562. The minimum atomic E-state index is 0.562. The van der Waals surface area contributed by atoms with Gasteiger partial charge in [-0.2, -0.15) is 0 Å². The van der Waals surface area contributed by atoms with Crippen LogP contribution in [0.4, 0.5) is 0 Å². The fraction of sp³-hybridized carbons (Fsp3) is 0.400. The van der Waals surface area contributed by atoms with Gasteiger partial charge in [-0.25, -0.2) is 0 Å². The maximum absolute atomic E-state index is 4.80. The highest BCUT2D eigenvalue weighted by Crippen LogP contribution is 1.94. The molecule has 8 heavy (non-hydrogen) atoms. The van der Waals surface area contributed by atoms with E-state index in [9.17, 15) is 0 Å². The third-order valence-corrected chi connectivity index (χ3v) is 0.848. The van der Waals surface area contributed by atoms with E-state index in [0.717, 1.165) is 6.54 Å². The van der Waals surface area contributed by atoms with Crippen molar-refractivity contribution in [1.29, 1.82) is 0 Å². The van der Waals surface area contributed by atoms with E-state index >= 15 is 0 Å². The highest BCUT2D eigenvalue weighted by atomic mass is 16.5. The van der Waals surface area contributed by atoms with Gasteiger partial charge in [-0.3, -0.25) is 5.01 Å². The summed E-state index contributed by atoms with van der Waals surface area (Å²) in [6.45, 7) is 4.88. The Morgan fingerprint density at radius 1 is 2.00 bits per heavy atom. The molecule has 0 amide bonds. The second kappa shape index (κ2) is 2.35. The molecule has 0 fully saturated rings. The van der Waals surface area contributed by atoms with Crippen LogP contribution >= 0.6 is 0 Å². The topological polar surface area (TPSA) is 24.8 Å². The van der Waals surface area contributed by atoms with Gasteiger partial charge in [-0.15, -0.1) is 11.7 Å². The van der Waals surface area contributed by atoms with Crippen LogP contribution in [-0.2, 0) is 4.74 Å². The lowest BCUT2D eigenvalue weighted by Gasteiger charge is -2.05. The first-order valence-corrected chi connectivity index (χ1v) is 2.43. The van der Waals surface area contributed by atoms with E-state index in [1.807, 2.05) is 0 Å². The van der Waals surface area contributed by atoms with Crippen molar-refractivity contribution in [3.63, 3.8) is 0 Å². The normalized spacial score (nSPS) is 16.2. The van der Waals surface area contributed by atoms with Gasteiger partial charge in [0.25, 0.3) is 0 Å². The van der Waals surface area contributed by atoms with E-state index in [-0.39, 0.29) is 0 Å². The molecule has 0 aromatic rings. The second-order valence-electron chi connectivity index (χ2n) is 1.49. The zero-order valence-electron chi connectivity index (χ0n) is 4.58. The van der Waals surface area contributed by atoms with Crippen LogP contribution in [0.15, 0.2) is 17.8 Å². The SMILES string of the molecule is C=CCN1COC=N1. The van der Waals surface area contributed by atoms with Gasteiger partial charge in [0, 0.05) is 0 Å². The zero-order chi connectivity index (χ0) is 5.82. The Bertz CT molecular complexity index is 111. The molecular formula is C5H8N2O. The summed E-state index contributed by atoms with van der Waals surface area (Å²) in [7, 11) is 0. The minimum Gasteiger partial charge on any atom is -0.460 e. The van der Waals surface area contributed by atoms with Crippen LogP contribution in [-0.4, -0.2) is 24.7 Å². The van der Waals surface area contributed by atoms with E-state index in [0.29, 0.717) is 6.73 Å². The maximum Gasteiger partial charge on any atom is 0.195 e. The van der Waals surface area contributed by atoms with Gasteiger partial charge in [0.1, 0.15) is 0 Å². The Balaban J connectivity index is 2.25. The molecule has 44 valence electrons. The molecular weight excluding hydrogens is 104 g/mol. The summed E-state index contributed by atoms with van der Waals surface area (Å²) < 4.78 is 4.80. The first-order chi connectivity index (χ1) is 3.93. The number of hydrogen-bond acceptors (Lipinski definition) is 3. The third-order valence-electron chi connectivity index (χ3n) is 0.848. The predicted molar refractivity (Wildman–Crippen MR) is 31.3 cm³/mol. The second-order valence-corrected chi connectivity index (χ2v) is 1.49. The molecule has 1 heterocycles. The van der Waals surface area contributed by atoms with Crippen LogP contribution in [0.5, 0.6) is 0 Å². The summed E-state index contributed by atoms with van der Waals surface area (Å²) in [6, 6.07) is 0. The van der Waals surface area contributed by atoms with E-state index in [2.05, 4.69) is 11.7 Å². The molecule has 0 aromatic carbocycles. The van der Waals surface area contributed by atoms with Crippen molar-refractivity contribution >= 4 is 6.40 Å². The summed E-state index contributed by atoms with van der Waals surface area (Å²) in [4.78, 5) is 0. The molecule has 0 N–H and O–H groups in total. The van der Waals surface area contributed by atoms with Gasteiger partial charge in [0.15, 0.2) is 13.1 Å². The average molecular weight is 112 g/mol. The summed E-state index contributed by atoms with van der Waals surface area (Å²) in [5.41, 5.74) is 0. The Morgan fingerprint density at radius 2 is 2.88 bits per heavy atom. The van der Waals surface area contributed by atoms with Gasteiger partial charge in [0.2, 0.25) is 0 Å². The van der Waals surface area contributed by atoms with E-state index in [4.69, 9.17) is 4.74 Å². The van der Waals surface area contributed by atoms with Crippen molar-refractivity contribution in [3.05, 3.63) is 12.7 Å². The standard InChI is InChI=1S/C5H8N2O/c1-2-3-7-5-8-4-6-7/h2,4H,1,3,5H2. The fourth-order valence-corrected chi connectivity index (χ4v) is 0.502. The van der Waals surface area contributed by atoms with Crippen LogP contribution < -0.4 is 0 Å². The van der Waals surface area contributed by atoms with Crippen LogP contribution in [0.2, 0.25) is 0 Å². The molecule has 3 heteroatoms. The molecule has 0 atom stereocenters. The Kier molecular flexibility index (Phi) is 1.51. The summed E-state index contributed by atoms with van der Waals surface area (Å²) >= 11 is 0. The van der Waals surface area contributed by atoms with E-state index in [1.165, 1.54) is 6.40 Å². The average Bonchev–Trinajstić information content (AvgIpc) is 2.19. The fourth-order valence-electron chi connectivity index (χ4n) is 0.502. The predicted octanol–water partition coefficient (Wildman–Crippen LogP) is 0.405. The lowest BCUT2D eigenvalue weighted by Crippen LogP contribution is -2.13. The lowest BCUT2D eigenvalue weighted by atomic mass is 10.6. The molecule has 0 aliphatic carbocycles. The first-order valence-electron chi connectivity index (χ1n) is 2.43. The van der Waals surface area contributed by atoms with Gasteiger partial charge in [-0.05, 0) is 0 Å². The molecule has 1 aliphatic heterocycles. The Morgan fingerprint density at radius 3 is 3.38 bits per heavy atom. The lowest BCUT2D eigenvalue weighted by molar-refractivity contribution is 0.186. The van der Waals surface area contributed by atoms with E-state index < -0.39 is 0 Å². The third kappa shape index (κ3) is 0.992. The van der Waals surface area contributed by atoms with Crippen molar-refractivity contribution in [3.8, 4) is 0 Å². The number of ether oxygens (including phenoxy) is 1. The van der Waals surface area contributed by atoms with Crippen LogP contribution in [0.3, 0.4) is 0 Å². The van der Waals surface area contributed by atoms with Crippen molar-refractivity contribution < 1.29 is 4.74 Å². The molecule has 0 spiro atoms. The highest BCUT2D eigenvalue weighted by molar-refractivity contribution is 5.47. The zero-order valence-corrected chi connectivity index (χ0v) is 4.58. The molecule has 0 saturated heterocycles. The highest BCUT2D eigenvalue weighted by Gasteiger charge is 2.00. The van der Waals surface area contributed by atoms with E-state index in [1.54, 1.807) is 11.1 Å². The summed E-state index contributed by atoms with van der Waals surface area (Å²) in [5, 5.41) is 5.61. The summed E-state index contributed by atoms with van der Waals surface area (Å²) in [6.07, 6.45) is 3.22. The Labute approximate surface area is 48.2 Å². The van der Waals surface area contributed by atoms with Crippen molar-refractivity contribution in [2.75, 3.05) is 13.3 Å². The number of hydrazone groups is 1. The molecule has 1 rings (SSSR count). The van der Waals surface area contributed by atoms with Gasteiger partial charge < -0.3 is 4.74 Å². The number of rotatable bonds is 2. The van der Waals surface area contributed by atoms with Crippen LogP contribution in [0.25, 0.3) is 0 Å². The molecule has 0 unspecified atom stereocenters. The molecule has 0 bridgehead atoms. The van der Waals surface area contributed by atoms with Crippen LogP contribution in [0.1, 0.15) is 0 Å². The largest absolute Gasteiger partial charge is 0.460 e. The molecule has 0 saturated carbocycles. The van der Waals surface area contributed by atoms with Crippen LogP contribution in [0, 0.1) is 0 Å². The number of nitrogens with zero attached hydrogens (tertiary/aromatic N) is 2. The van der Waals surface area contributed by atoms with Crippen molar-refractivity contribution in [1.82, 2.24) is 5.01 Å². The molecule has 0 radical (unpaired) electrons. The van der Waals surface area contributed by atoms with Crippen molar-refractivity contribution in [2.45, 2.75) is 0 Å². The summed E-state index contributed by atoms with van der Waals surface area (Å²) in [5.74, 6) is 0. The Hall–Kier alpha value is -0.990. The molecule has 0 aromatic heterocycles. The monoisotopic (exact) mass is 112 g/mol. The first kappa shape index (κ1) is 5.15. The maximum atomic E-state index is 4.80. The van der Waals surface area contributed by atoms with Crippen molar-refractivity contribution in [2.24, 2.45) is 5.10 Å². The van der Waals surface area contributed by atoms with Gasteiger partial charge in [-0.1, -0.05) is 6.08 Å². The molecule has 1 aliphatic rings. The number of hydrogen-bond donors (Lipinski definition) is 0. The van der Waals surface area contributed by atoms with Gasteiger partial charge >= 0.3 is 0 Å². The van der Waals surface area contributed by atoms with Gasteiger partial charge in [0.05, 0.1) is 6.54 Å². The smallest absolute Gasteiger partial charge is 0.195 e. The molecule has 3 nitrogen and oxygen atoms in total.